The standard InChI is InChI=1S/C44H84NO9P/c1-6-8-10-11-12-13-14-15-16-17-18-21-24-27-31-35-43(47)51-39-42(40-53-55(49,50)52-38-37-45(3,4)5)54-44(48)36-32-28-25-22-19-20-23-26-30-34-41(46)33-29-9-7-2/h23,26,30,34,41-42,46H,6-22,24-25,27-29,31-33,35-40H2,1-5H3/p+1/b26-23-,34-30+. The molecule has 2 N–H and O–H groups in total. The Morgan fingerprint density at radius 2 is 1.13 bits per heavy atom. The number of allylic oxidation sites excluding steroid dienone is 3. The minimum Gasteiger partial charge on any atom is -0.462 e. The second-order valence-electron chi connectivity index (χ2n) is 16.3. The van der Waals surface area contributed by atoms with E-state index in [0.29, 0.717) is 17.4 Å². The molecular weight excluding hydrogens is 717 g/mol. The number of aliphatic hydroxyl groups excluding tert-OH is 1. The Morgan fingerprint density at radius 1 is 0.636 bits per heavy atom. The van der Waals surface area contributed by atoms with Crippen molar-refractivity contribution in [3.8, 4) is 0 Å². The van der Waals surface area contributed by atoms with E-state index >= 15 is 0 Å². The number of phosphoric ester groups is 1. The molecule has 0 saturated carbocycles. The number of ether oxygens (including phenoxy) is 2. The van der Waals surface area contributed by atoms with Crippen LogP contribution in [0.25, 0.3) is 0 Å². The highest BCUT2D eigenvalue weighted by Gasteiger charge is 2.27. The molecule has 0 fully saturated rings. The average Bonchev–Trinajstić information content (AvgIpc) is 3.12. The zero-order valence-corrected chi connectivity index (χ0v) is 36.9. The maximum absolute atomic E-state index is 12.7. The van der Waals surface area contributed by atoms with Gasteiger partial charge in [0, 0.05) is 12.8 Å². The van der Waals surface area contributed by atoms with Crippen LogP contribution in [0.4, 0.5) is 0 Å². The summed E-state index contributed by atoms with van der Waals surface area (Å²) in [6.07, 6.45) is 35.4. The number of quaternary nitrogens is 1. The summed E-state index contributed by atoms with van der Waals surface area (Å²) >= 11 is 0. The molecule has 0 aromatic heterocycles. The lowest BCUT2D eigenvalue weighted by Crippen LogP contribution is -2.37. The number of phosphoric acid groups is 1. The molecule has 55 heavy (non-hydrogen) atoms. The molecule has 324 valence electrons. The number of unbranched alkanes of at least 4 members (excludes halogenated alkanes) is 21. The van der Waals surface area contributed by atoms with Crippen LogP contribution in [0.15, 0.2) is 24.3 Å². The van der Waals surface area contributed by atoms with Gasteiger partial charge in [0.1, 0.15) is 19.8 Å². The summed E-state index contributed by atoms with van der Waals surface area (Å²) in [6.45, 7) is 4.27. The Morgan fingerprint density at radius 3 is 1.67 bits per heavy atom. The summed E-state index contributed by atoms with van der Waals surface area (Å²) < 4.78 is 34.2. The normalized spacial score (nSPS) is 14.4. The Hall–Kier alpha value is -1.55. The molecule has 0 aromatic carbocycles. The topological polar surface area (TPSA) is 129 Å². The Bertz CT molecular complexity index is 1010. The Balaban J connectivity index is 4.41. The van der Waals surface area contributed by atoms with Gasteiger partial charge < -0.3 is 24.0 Å². The predicted molar refractivity (Wildman–Crippen MR) is 226 cm³/mol. The van der Waals surface area contributed by atoms with Gasteiger partial charge in [0.05, 0.1) is 33.9 Å². The molecule has 0 heterocycles. The first kappa shape index (κ1) is 53.5. The maximum Gasteiger partial charge on any atom is 0.472 e. The van der Waals surface area contributed by atoms with Gasteiger partial charge in [-0.3, -0.25) is 18.6 Å². The molecular formula is C44H85NO9P+. The summed E-state index contributed by atoms with van der Waals surface area (Å²) in [5.41, 5.74) is 0. The van der Waals surface area contributed by atoms with Gasteiger partial charge in [0.15, 0.2) is 6.10 Å². The van der Waals surface area contributed by atoms with Crippen molar-refractivity contribution < 1.29 is 47.2 Å². The number of likely N-dealkylation sites (N-methyl/N-ethyl adjacent to an activating group) is 1. The van der Waals surface area contributed by atoms with Gasteiger partial charge in [0.2, 0.25) is 0 Å². The van der Waals surface area contributed by atoms with E-state index in [1.807, 2.05) is 39.4 Å². The van der Waals surface area contributed by atoms with Crippen LogP contribution < -0.4 is 0 Å². The predicted octanol–water partition coefficient (Wildman–Crippen LogP) is 11.3. The van der Waals surface area contributed by atoms with E-state index in [9.17, 15) is 24.2 Å². The lowest BCUT2D eigenvalue weighted by Gasteiger charge is -2.24. The lowest BCUT2D eigenvalue weighted by molar-refractivity contribution is -0.870. The van der Waals surface area contributed by atoms with Crippen LogP contribution >= 0.6 is 7.82 Å². The average molecular weight is 803 g/mol. The van der Waals surface area contributed by atoms with Crippen LogP contribution in [-0.4, -0.2) is 86.1 Å². The molecule has 0 aliphatic carbocycles. The van der Waals surface area contributed by atoms with E-state index in [0.717, 1.165) is 77.0 Å². The Labute approximate surface area is 337 Å². The number of nitrogens with zero attached hydrogens (tertiary/aromatic N) is 1. The third-order valence-electron chi connectivity index (χ3n) is 9.59. The lowest BCUT2D eigenvalue weighted by atomic mass is 10.0. The zero-order valence-electron chi connectivity index (χ0n) is 36.0. The van der Waals surface area contributed by atoms with E-state index in [2.05, 4.69) is 19.9 Å². The number of esters is 2. The highest BCUT2D eigenvalue weighted by molar-refractivity contribution is 7.47. The highest BCUT2D eigenvalue weighted by Crippen LogP contribution is 2.43. The van der Waals surface area contributed by atoms with Crippen LogP contribution in [0.2, 0.25) is 0 Å². The number of aliphatic hydroxyl groups is 1. The Kier molecular flexibility index (Phi) is 35.7. The van der Waals surface area contributed by atoms with Gasteiger partial charge >= 0.3 is 19.8 Å². The summed E-state index contributed by atoms with van der Waals surface area (Å²) in [4.78, 5) is 35.3. The summed E-state index contributed by atoms with van der Waals surface area (Å²) in [5, 5.41) is 9.93. The van der Waals surface area contributed by atoms with E-state index < -0.39 is 26.5 Å². The summed E-state index contributed by atoms with van der Waals surface area (Å²) in [6, 6.07) is 0. The molecule has 0 aliphatic rings. The molecule has 0 spiro atoms. The summed E-state index contributed by atoms with van der Waals surface area (Å²) in [7, 11) is 1.44. The molecule has 0 rings (SSSR count). The second-order valence-corrected chi connectivity index (χ2v) is 17.7. The smallest absolute Gasteiger partial charge is 0.462 e. The van der Waals surface area contributed by atoms with Gasteiger partial charge in [-0.15, -0.1) is 0 Å². The van der Waals surface area contributed by atoms with Crippen molar-refractivity contribution in [3.05, 3.63) is 24.3 Å². The van der Waals surface area contributed by atoms with E-state index in [1.54, 1.807) is 0 Å². The number of hydrogen-bond acceptors (Lipinski definition) is 8. The zero-order chi connectivity index (χ0) is 40.9. The van der Waals surface area contributed by atoms with Gasteiger partial charge in [0.25, 0.3) is 0 Å². The molecule has 3 unspecified atom stereocenters. The van der Waals surface area contributed by atoms with Crippen molar-refractivity contribution in [2.24, 2.45) is 0 Å². The highest BCUT2D eigenvalue weighted by atomic mass is 31.2. The van der Waals surface area contributed by atoms with Crippen LogP contribution in [-0.2, 0) is 32.7 Å². The van der Waals surface area contributed by atoms with Gasteiger partial charge in [-0.25, -0.2) is 4.57 Å². The first-order chi connectivity index (χ1) is 26.4. The molecule has 10 nitrogen and oxygen atoms in total. The fraction of sp³-hybridized carbons (Fsp3) is 0.864. The van der Waals surface area contributed by atoms with Crippen molar-refractivity contribution in [2.45, 2.75) is 199 Å². The first-order valence-electron chi connectivity index (χ1n) is 22.2. The fourth-order valence-electron chi connectivity index (χ4n) is 6.03. The van der Waals surface area contributed by atoms with Crippen molar-refractivity contribution in [2.75, 3.05) is 47.5 Å². The monoisotopic (exact) mass is 803 g/mol. The molecule has 0 bridgehead atoms. The molecule has 3 atom stereocenters. The minimum absolute atomic E-state index is 0.0205. The SMILES string of the molecule is CCCCCCCCCCCCCCCCCC(=O)OCC(COP(=O)(O)OCC[N+](C)(C)C)OC(=O)CCCCCCC/C=C\C=C\C(O)CCCCC. The quantitative estimate of drug-likeness (QED) is 0.0204. The minimum atomic E-state index is -4.39. The number of carbonyl (C=O) groups is 2. The van der Waals surface area contributed by atoms with E-state index in [4.69, 9.17) is 18.5 Å². The maximum atomic E-state index is 12.7. The number of rotatable bonds is 40. The second kappa shape index (κ2) is 36.8. The van der Waals surface area contributed by atoms with E-state index in [1.165, 1.54) is 77.0 Å². The number of carbonyl (C=O) groups excluding carboxylic acids is 2. The van der Waals surface area contributed by atoms with Crippen molar-refractivity contribution in [1.29, 1.82) is 0 Å². The molecule has 0 radical (unpaired) electrons. The van der Waals surface area contributed by atoms with Crippen LogP contribution in [0.3, 0.4) is 0 Å². The van der Waals surface area contributed by atoms with Crippen LogP contribution in [0.5, 0.6) is 0 Å². The fourth-order valence-corrected chi connectivity index (χ4v) is 6.77. The summed E-state index contributed by atoms with van der Waals surface area (Å²) in [5.74, 6) is -0.842. The third-order valence-corrected chi connectivity index (χ3v) is 10.6. The van der Waals surface area contributed by atoms with Gasteiger partial charge in [-0.1, -0.05) is 167 Å². The molecule has 11 heteroatoms. The largest absolute Gasteiger partial charge is 0.472 e. The third kappa shape index (κ3) is 40.4. The molecule has 0 aromatic rings. The van der Waals surface area contributed by atoms with Crippen LogP contribution in [0, 0.1) is 0 Å². The van der Waals surface area contributed by atoms with Crippen LogP contribution in [0.1, 0.15) is 187 Å². The van der Waals surface area contributed by atoms with Gasteiger partial charge in [-0.05, 0) is 32.1 Å². The number of hydrogen-bond donors (Lipinski definition) is 2. The van der Waals surface area contributed by atoms with Gasteiger partial charge in [-0.2, -0.15) is 0 Å². The van der Waals surface area contributed by atoms with Crippen molar-refractivity contribution >= 4 is 19.8 Å². The first-order valence-corrected chi connectivity index (χ1v) is 23.7. The van der Waals surface area contributed by atoms with E-state index in [-0.39, 0.29) is 38.1 Å². The molecule has 0 amide bonds. The molecule has 0 aliphatic heterocycles. The molecule has 0 saturated heterocycles. The van der Waals surface area contributed by atoms with Crippen molar-refractivity contribution in [3.63, 3.8) is 0 Å². The van der Waals surface area contributed by atoms with Crippen molar-refractivity contribution in [1.82, 2.24) is 0 Å².